The predicted octanol–water partition coefficient (Wildman–Crippen LogP) is 1.56. The summed E-state index contributed by atoms with van der Waals surface area (Å²) >= 11 is 0. The first-order valence-electron chi connectivity index (χ1n) is 6.85. The highest BCUT2D eigenvalue weighted by Gasteiger charge is 2.25. The fourth-order valence-electron chi connectivity index (χ4n) is 2.51. The second-order valence-corrected chi connectivity index (χ2v) is 4.87. The van der Waals surface area contributed by atoms with E-state index < -0.39 is 5.97 Å². The van der Waals surface area contributed by atoms with E-state index in [0.29, 0.717) is 6.04 Å². The van der Waals surface area contributed by atoms with E-state index in [4.69, 9.17) is 5.11 Å². The molecule has 0 radical (unpaired) electrons. The van der Waals surface area contributed by atoms with Crippen molar-refractivity contribution in [3.05, 3.63) is 0 Å². The van der Waals surface area contributed by atoms with Gasteiger partial charge in [0, 0.05) is 19.1 Å². The predicted molar refractivity (Wildman–Crippen MR) is 69.2 cm³/mol. The molecule has 4 heteroatoms. The van der Waals surface area contributed by atoms with Gasteiger partial charge in [0.15, 0.2) is 0 Å². The second kappa shape index (κ2) is 7.67. The molecule has 0 atom stereocenters. The molecule has 0 aromatic heterocycles. The first-order chi connectivity index (χ1) is 8.17. The van der Waals surface area contributed by atoms with Gasteiger partial charge in [-0.1, -0.05) is 13.8 Å². The smallest absolute Gasteiger partial charge is 0.306 e. The molecule has 17 heavy (non-hydrogen) atoms. The van der Waals surface area contributed by atoms with Crippen LogP contribution >= 0.6 is 0 Å². The van der Waals surface area contributed by atoms with Gasteiger partial charge in [-0.25, -0.2) is 0 Å². The van der Waals surface area contributed by atoms with E-state index in [0.717, 1.165) is 51.9 Å². The Morgan fingerprint density at radius 2 is 1.82 bits per heavy atom. The number of rotatable bonds is 7. The van der Waals surface area contributed by atoms with Crippen molar-refractivity contribution in [3.8, 4) is 0 Å². The van der Waals surface area contributed by atoms with Crippen LogP contribution in [-0.4, -0.2) is 48.2 Å². The van der Waals surface area contributed by atoms with Crippen LogP contribution in [0.4, 0.5) is 0 Å². The summed E-state index contributed by atoms with van der Waals surface area (Å²) < 4.78 is 0. The molecule has 0 spiro atoms. The van der Waals surface area contributed by atoms with Crippen LogP contribution in [0.2, 0.25) is 0 Å². The Morgan fingerprint density at radius 3 is 2.29 bits per heavy atom. The minimum absolute atomic E-state index is 0.101. The summed E-state index contributed by atoms with van der Waals surface area (Å²) in [6.45, 7) is 8.67. The Balaban J connectivity index is 2.12. The van der Waals surface area contributed by atoms with Crippen LogP contribution in [0.3, 0.4) is 0 Å². The maximum absolute atomic E-state index is 10.8. The Kier molecular flexibility index (Phi) is 6.52. The fourth-order valence-corrected chi connectivity index (χ4v) is 2.51. The van der Waals surface area contributed by atoms with E-state index in [9.17, 15) is 4.79 Å². The standard InChI is InChI=1S/C13H26N2O2/c1-3-15(4-2)10-9-14-12-7-5-11(6-8-12)13(16)17/h11-12,14H,3-10H2,1-2H3,(H,16,17). The number of hydrogen-bond acceptors (Lipinski definition) is 3. The highest BCUT2D eigenvalue weighted by atomic mass is 16.4. The Labute approximate surface area is 104 Å². The number of carbonyl (C=O) groups is 1. The molecule has 0 aromatic rings. The fraction of sp³-hybridized carbons (Fsp3) is 0.923. The number of nitrogens with zero attached hydrogens (tertiary/aromatic N) is 1. The maximum atomic E-state index is 10.8. The van der Waals surface area contributed by atoms with E-state index in [1.54, 1.807) is 0 Å². The van der Waals surface area contributed by atoms with Crippen molar-refractivity contribution in [3.63, 3.8) is 0 Å². The summed E-state index contributed by atoms with van der Waals surface area (Å²) in [5.74, 6) is -0.720. The third-order valence-corrected chi connectivity index (χ3v) is 3.83. The summed E-state index contributed by atoms with van der Waals surface area (Å²) in [4.78, 5) is 13.2. The van der Waals surface area contributed by atoms with E-state index in [1.165, 1.54) is 0 Å². The molecule has 1 aliphatic carbocycles. The van der Waals surface area contributed by atoms with Crippen molar-refractivity contribution in [2.75, 3.05) is 26.2 Å². The van der Waals surface area contributed by atoms with E-state index in [1.807, 2.05) is 0 Å². The van der Waals surface area contributed by atoms with Gasteiger partial charge in [0.25, 0.3) is 0 Å². The lowest BCUT2D eigenvalue weighted by atomic mass is 9.86. The lowest BCUT2D eigenvalue weighted by Gasteiger charge is -2.28. The van der Waals surface area contributed by atoms with Crippen LogP contribution in [0.1, 0.15) is 39.5 Å². The van der Waals surface area contributed by atoms with Crippen LogP contribution in [0.5, 0.6) is 0 Å². The van der Waals surface area contributed by atoms with Crippen molar-refractivity contribution in [2.45, 2.75) is 45.6 Å². The molecule has 2 N–H and O–H groups in total. The third-order valence-electron chi connectivity index (χ3n) is 3.83. The average molecular weight is 242 g/mol. The first-order valence-corrected chi connectivity index (χ1v) is 6.85. The topological polar surface area (TPSA) is 52.6 Å². The Bertz CT molecular complexity index is 221. The van der Waals surface area contributed by atoms with Crippen LogP contribution in [-0.2, 0) is 4.79 Å². The van der Waals surface area contributed by atoms with Gasteiger partial charge in [0.05, 0.1) is 5.92 Å². The summed E-state index contributed by atoms with van der Waals surface area (Å²) in [6, 6.07) is 0.529. The van der Waals surface area contributed by atoms with Gasteiger partial charge in [-0.05, 0) is 38.8 Å². The quantitative estimate of drug-likeness (QED) is 0.711. The number of likely N-dealkylation sites (N-methyl/N-ethyl adjacent to an activating group) is 1. The molecule has 4 nitrogen and oxygen atoms in total. The zero-order chi connectivity index (χ0) is 12.7. The number of carboxylic acids is 1. The molecule has 0 heterocycles. The van der Waals surface area contributed by atoms with Gasteiger partial charge >= 0.3 is 5.97 Å². The molecule has 0 saturated heterocycles. The SMILES string of the molecule is CCN(CC)CCNC1CCC(C(=O)O)CC1. The van der Waals surface area contributed by atoms with Crippen LogP contribution in [0.15, 0.2) is 0 Å². The molecule has 0 unspecified atom stereocenters. The van der Waals surface area contributed by atoms with E-state index in [2.05, 4.69) is 24.1 Å². The van der Waals surface area contributed by atoms with Gasteiger partial charge in [-0.2, -0.15) is 0 Å². The molecular weight excluding hydrogens is 216 g/mol. The molecule has 1 saturated carbocycles. The number of carboxylic acid groups (broad SMARTS) is 1. The largest absolute Gasteiger partial charge is 0.481 e. The molecule has 1 fully saturated rings. The van der Waals surface area contributed by atoms with Gasteiger partial charge < -0.3 is 15.3 Å². The summed E-state index contributed by atoms with van der Waals surface area (Å²) in [6.07, 6.45) is 3.68. The lowest BCUT2D eigenvalue weighted by molar-refractivity contribution is -0.142. The first kappa shape index (κ1) is 14.5. The summed E-state index contributed by atoms with van der Waals surface area (Å²) in [5, 5.41) is 12.5. The van der Waals surface area contributed by atoms with Crippen molar-refractivity contribution >= 4 is 5.97 Å². The van der Waals surface area contributed by atoms with Crippen molar-refractivity contribution in [1.29, 1.82) is 0 Å². The highest BCUT2D eigenvalue weighted by molar-refractivity contribution is 5.70. The lowest BCUT2D eigenvalue weighted by Crippen LogP contribution is -2.39. The molecular formula is C13H26N2O2. The van der Waals surface area contributed by atoms with E-state index in [-0.39, 0.29) is 5.92 Å². The minimum atomic E-state index is -0.619. The number of hydrogen-bond donors (Lipinski definition) is 2. The molecule has 1 rings (SSSR count). The molecule has 1 aliphatic rings. The molecule has 0 amide bonds. The summed E-state index contributed by atoms with van der Waals surface area (Å²) in [7, 11) is 0. The highest BCUT2D eigenvalue weighted by Crippen LogP contribution is 2.24. The zero-order valence-corrected chi connectivity index (χ0v) is 11.1. The normalized spacial score (nSPS) is 25.1. The molecule has 0 bridgehead atoms. The molecule has 0 aliphatic heterocycles. The third kappa shape index (κ3) is 5.04. The second-order valence-electron chi connectivity index (χ2n) is 4.87. The van der Waals surface area contributed by atoms with Crippen molar-refractivity contribution in [1.82, 2.24) is 10.2 Å². The number of nitrogens with one attached hydrogen (secondary N) is 1. The Hall–Kier alpha value is -0.610. The van der Waals surface area contributed by atoms with Crippen LogP contribution in [0, 0.1) is 5.92 Å². The Morgan fingerprint density at radius 1 is 1.24 bits per heavy atom. The van der Waals surface area contributed by atoms with Crippen molar-refractivity contribution < 1.29 is 9.90 Å². The average Bonchev–Trinajstić information content (AvgIpc) is 2.35. The monoisotopic (exact) mass is 242 g/mol. The minimum Gasteiger partial charge on any atom is -0.481 e. The van der Waals surface area contributed by atoms with E-state index >= 15 is 0 Å². The van der Waals surface area contributed by atoms with Gasteiger partial charge in [-0.15, -0.1) is 0 Å². The zero-order valence-electron chi connectivity index (χ0n) is 11.1. The van der Waals surface area contributed by atoms with Crippen LogP contribution in [0.25, 0.3) is 0 Å². The molecule has 0 aromatic carbocycles. The van der Waals surface area contributed by atoms with Gasteiger partial charge in [-0.3, -0.25) is 4.79 Å². The van der Waals surface area contributed by atoms with Crippen LogP contribution < -0.4 is 5.32 Å². The maximum Gasteiger partial charge on any atom is 0.306 e. The van der Waals surface area contributed by atoms with Crippen molar-refractivity contribution in [2.24, 2.45) is 5.92 Å². The van der Waals surface area contributed by atoms with Gasteiger partial charge in [0.2, 0.25) is 0 Å². The molecule has 100 valence electrons. The number of aliphatic carboxylic acids is 1. The van der Waals surface area contributed by atoms with Gasteiger partial charge in [0.1, 0.15) is 0 Å². The summed E-state index contributed by atoms with van der Waals surface area (Å²) in [5.41, 5.74) is 0.